The molecular weight excluding hydrogens is 1440 g/mol. The Labute approximate surface area is 639 Å². The van der Waals surface area contributed by atoms with Crippen LogP contribution < -0.4 is 47.8 Å². The third-order valence-electron chi connectivity index (χ3n) is 19.7. The Balaban J connectivity index is 0.728. The van der Waals surface area contributed by atoms with Crippen molar-refractivity contribution >= 4 is 82.0 Å². The molecule has 0 saturated carbocycles. The molecule has 0 spiro atoms. The highest BCUT2D eigenvalue weighted by atomic mass is 32.2. The first-order valence-electron chi connectivity index (χ1n) is 37.1. The van der Waals surface area contributed by atoms with Crippen molar-refractivity contribution in [3.05, 3.63) is 239 Å². The van der Waals surface area contributed by atoms with Crippen LogP contribution in [0.4, 0.5) is 34.3 Å². The van der Waals surface area contributed by atoms with Crippen LogP contribution in [-0.4, -0.2) is 169 Å². The van der Waals surface area contributed by atoms with Crippen LogP contribution in [0, 0.1) is 0 Å². The Bertz CT molecular complexity index is 5010. The quantitative estimate of drug-likeness (QED) is 0.0341. The summed E-state index contributed by atoms with van der Waals surface area (Å²) in [6, 6.07) is 53.4. The summed E-state index contributed by atoms with van der Waals surface area (Å²) in [5.41, 5.74) is 7.43. The van der Waals surface area contributed by atoms with Crippen LogP contribution in [-0.2, 0) is 49.3 Å². The molecule has 1 aromatic heterocycles. The fourth-order valence-electron chi connectivity index (χ4n) is 13.6. The molecule has 0 aliphatic carbocycles. The number of para-hydroxylation sites is 2. The van der Waals surface area contributed by atoms with Gasteiger partial charge in [-0.3, -0.25) is 28.5 Å². The number of nitrogens with zero attached hydrogens (tertiary/aromatic N) is 7. The molecule has 0 unspecified atom stereocenters. The highest BCUT2D eigenvalue weighted by molar-refractivity contribution is 7.93. The van der Waals surface area contributed by atoms with Gasteiger partial charge in [-0.15, -0.1) is 0 Å². The molecule has 3 fully saturated rings. The fourth-order valence-corrected chi connectivity index (χ4v) is 16.9. The molecule has 3 N–H and O–H groups in total. The molecule has 3 aliphatic rings. The minimum absolute atomic E-state index is 0.0147. The van der Waals surface area contributed by atoms with Crippen molar-refractivity contribution < 1.29 is 58.6 Å². The Morgan fingerprint density at radius 3 is 1.37 bits per heavy atom. The first-order valence-corrected chi connectivity index (χ1v) is 41.5. The van der Waals surface area contributed by atoms with E-state index in [-0.39, 0.29) is 75.0 Å². The number of methoxy groups -OCH3 is 2. The Morgan fingerprint density at radius 2 is 0.862 bits per heavy atom. The van der Waals surface area contributed by atoms with Crippen LogP contribution in [0.3, 0.4) is 0 Å². The number of piperazine rings is 3. The normalized spacial score (nSPS) is 14.2. The van der Waals surface area contributed by atoms with Gasteiger partial charge in [0.2, 0.25) is 0 Å². The molecular formula is C83H94N10O13S3. The average Bonchev–Trinajstić information content (AvgIpc) is 0.793. The number of amides is 3. The number of carbonyl (C=O) groups is 3. The van der Waals surface area contributed by atoms with Gasteiger partial charge in [0, 0.05) is 118 Å². The maximum Gasteiger partial charge on any atom is 0.261 e. The van der Waals surface area contributed by atoms with Crippen molar-refractivity contribution in [3.63, 3.8) is 0 Å². The van der Waals surface area contributed by atoms with Gasteiger partial charge in [-0.2, -0.15) is 0 Å². The summed E-state index contributed by atoms with van der Waals surface area (Å²) in [5.74, 6) is 2.26. The number of nitrogens with one attached hydrogen (secondary N) is 3. The number of pyridine rings is 1. The van der Waals surface area contributed by atoms with E-state index >= 15 is 4.79 Å². The third kappa shape index (κ3) is 19.4. The molecule has 26 heteroatoms. The van der Waals surface area contributed by atoms with Crippen LogP contribution >= 0.6 is 0 Å². The van der Waals surface area contributed by atoms with Crippen LogP contribution in [0.2, 0.25) is 0 Å². The number of unbranched alkanes of at least 4 members (excludes halogenated alkanes) is 2. The van der Waals surface area contributed by atoms with Crippen LogP contribution in [0.5, 0.6) is 23.0 Å². The van der Waals surface area contributed by atoms with Crippen molar-refractivity contribution in [1.82, 2.24) is 19.7 Å². The number of hydrogen-bond acceptors (Lipinski definition) is 17. The van der Waals surface area contributed by atoms with Gasteiger partial charge in [-0.1, -0.05) is 88.2 Å². The van der Waals surface area contributed by atoms with Gasteiger partial charge in [-0.25, -0.2) is 30.2 Å². The Kier molecular flexibility index (Phi) is 25.3. The molecule has 109 heavy (non-hydrogen) atoms. The number of aromatic nitrogens is 1. The van der Waals surface area contributed by atoms with Gasteiger partial charge in [-0.05, 0) is 200 Å². The van der Waals surface area contributed by atoms with Crippen molar-refractivity contribution in [2.75, 3.05) is 135 Å². The zero-order valence-electron chi connectivity index (χ0n) is 62.2. The predicted molar refractivity (Wildman–Crippen MR) is 426 cm³/mol. The lowest BCUT2D eigenvalue weighted by Crippen LogP contribution is -2.49. The smallest absolute Gasteiger partial charge is 0.261 e. The monoisotopic (exact) mass is 1530 g/mol. The molecule has 8 aromatic carbocycles. The molecule has 0 atom stereocenters. The zero-order chi connectivity index (χ0) is 76.7. The number of benzene rings is 8. The van der Waals surface area contributed by atoms with E-state index in [4.69, 9.17) is 23.9 Å². The van der Waals surface area contributed by atoms with E-state index in [0.29, 0.717) is 130 Å². The molecule has 3 aliphatic heterocycles. The van der Waals surface area contributed by atoms with Crippen LogP contribution in [0.25, 0.3) is 0 Å². The Morgan fingerprint density at radius 1 is 0.404 bits per heavy atom. The largest absolute Gasteiger partial charge is 0.495 e. The van der Waals surface area contributed by atoms with E-state index in [1.54, 1.807) is 120 Å². The van der Waals surface area contributed by atoms with E-state index < -0.39 is 30.1 Å². The van der Waals surface area contributed by atoms with Crippen molar-refractivity contribution in [2.24, 2.45) is 0 Å². The zero-order valence-corrected chi connectivity index (χ0v) is 64.6. The summed E-state index contributed by atoms with van der Waals surface area (Å²) in [5, 5.41) is 0. The minimum Gasteiger partial charge on any atom is -0.495 e. The summed E-state index contributed by atoms with van der Waals surface area (Å²) < 4.78 is 115. The summed E-state index contributed by atoms with van der Waals surface area (Å²) >= 11 is 0. The minimum atomic E-state index is -4.22. The molecule has 4 heterocycles. The number of aryl methyl sites for hydroxylation is 1. The average molecular weight is 1540 g/mol. The second-order valence-electron chi connectivity index (χ2n) is 27.3. The second kappa shape index (κ2) is 35.5. The summed E-state index contributed by atoms with van der Waals surface area (Å²) in [4.78, 5) is 60.1. The van der Waals surface area contributed by atoms with Crippen LogP contribution in [0.1, 0.15) is 112 Å². The van der Waals surface area contributed by atoms with Crippen molar-refractivity contribution in [2.45, 2.75) is 86.8 Å². The molecule has 9 aromatic rings. The number of ether oxygens (including phenoxy) is 4. The fraction of sp³-hybridized carbons (Fsp3) is 0.325. The molecule has 0 radical (unpaired) electrons. The van der Waals surface area contributed by atoms with Crippen LogP contribution in [0.15, 0.2) is 209 Å². The molecule has 23 nitrogen and oxygen atoms in total. The molecule has 3 saturated heterocycles. The van der Waals surface area contributed by atoms with Gasteiger partial charge >= 0.3 is 0 Å². The molecule has 12 rings (SSSR count). The number of rotatable bonds is 31. The lowest BCUT2D eigenvalue weighted by atomic mass is 9.98. The standard InChI is InChI=1S/C83H94N10O13S3/c1-6-9-14-60-19-25-66(26-20-60)85-107(97,98)71-16-13-15-65(56-71)81(94)91-49-43-90(44-50-91)80-38-22-62(59-84-80)54-64-24-36-73(109(101,102)86-67-27-31-69(32-28-67)105-51-8-3)58-75(64)83(96)93-47-41-89(42-48-93)77-37-21-61(55-79(77)104-5)53-63-23-35-72(108(99,100)87-68-29-33-70(34-30-68)106-52-10-7-2)57-74(63)82(95)92-45-39-88(40-46-92)76-17-11-12-18-78(76)103-4/h11-13,15-38,55-59,85-87H,6-10,14,39-54H2,1-5H3. The SMILES string of the molecule is CCCCOc1ccc(NS(=O)(=O)c2ccc(Cc3ccc(N4CCN(C(=O)c5cc(S(=O)(=O)Nc6ccc(OCCC)cc6)ccc5Cc5ccc(N6CCN(C(=O)c7cccc(S(=O)(=O)Nc8ccc(CCCC)cc8)c7)CC6)nc5)CC4)c(OC)c3)c(C(=O)N3CCN(c4ccccc4OC)CC3)c2)cc1. The van der Waals surface area contributed by atoms with E-state index in [1.807, 2.05) is 73.7 Å². The van der Waals surface area contributed by atoms with E-state index in [2.05, 4.69) is 42.7 Å². The molecule has 0 bridgehead atoms. The summed E-state index contributed by atoms with van der Waals surface area (Å²) in [7, 11) is -9.16. The lowest BCUT2D eigenvalue weighted by molar-refractivity contribution is 0.0738. The first kappa shape index (κ1) is 77.8. The topological polar surface area (TPSA) is 259 Å². The maximum absolute atomic E-state index is 15.1. The molecule has 3 amide bonds. The second-order valence-corrected chi connectivity index (χ2v) is 32.3. The highest BCUT2D eigenvalue weighted by Crippen LogP contribution is 2.35. The maximum atomic E-state index is 15.1. The summed E-state index contributed by atoms with van der Waals surface area (Å²) in [6.07, 6.45) is 7.93. The van der Waals surface area contributed by atoms with E-state index in [9.17, 15) is 34.8 Å². The number of hydrogen-bond donors (Lipinski definition) is 3. The van der Waals surface area contributed by atoms with Gasteiger partial charge in [0.05, 0.1) is 53.5 Å². The van der Waals surface area contributed by atoms with Gasteiger partial charge in [0.15, 0.2) is 0 Å². The van der Waals surface area contributed by atoms with Crippen molar-refractivity contribution in [3.8, 4) is 23.0 Å². The number of carbonyl (C=O) groups excluding carboxylic acids is 3. The number of anilines is 6. The van der Waals surface area contributed by atoms with E-state index in [0.717, 1.165) is 72.3 Å². The van der Waals surface area contributed by atoms with E-state index in [1.165, 1.54) is 36.4 Å². The first-order chi connectivity index (χ1) is 52.7. The third-order valence-corrected chi connectivity index (χ3v) is 23.9. The number of sulfonamides is 3. The predicted octanol–water partition coefficient (Wildman–Crippen LogP) is 12.9. The Hall–Kier alpha value is -10.8. The van der Waals surface area contributed by atoms with Gasteiger partial charge in [0.1, 0.15) is 28.8 Å². The van der Waals surface area contributed by atoms with Gasteiger partial charge in [0.25, 0.3) is 47.8 Å². The molecule has 572 valence electrons. The lowest BCUT2D eigenvalue weighted by Gasteiger charge is -2.37. The summed E-state index contributed by atoms with van der Waals surface area (Å²) in [6.45, 7) is 12.1. The highest BCUT2D eigenvalue weighted by Gasteiger charge is 2.32. The van der Waals surface area contributed by atoms with Crippen molar-refractivity contribution in [1.29, 1.82) is 0 Å². The van der Waals surface area contributed by atoms with Gasteiger partial charge < -0.3 is 48.3 Å².